The van der Waals surface area contributed by atoms with Gasteiger partial charge in [-0.25, -0.2) is 12.8 Å². The lowest BCUT2D eigenvalue weighted by molar-refractivity contribution is -0.140. The molecule has 2 amide bonds. The smallest absolute Gasteiger partial charge is 0.264 e. The number of carbonyl (C=O) groups is 2. The topological polar surface area (TPSA) is 86.8 Å². The lowest BCUT2D eigenvalue weighted by Crippen LogP contribution is -2.52. The molecule has 1 N–H and O–H groups in total. The fraction of sp³-hybridized carbons (Fsp3) is 0.333. The Morgan fingerprint density at radius 2 is 1.54 bits per heavy atom. The first-order valence-corrected chi connectivity index (χ1v) is 14.4. The van der Waals surface area contributed by atoms with Gasteiger partial charge < -0.3 is 10.2 Å². The van der Waals surface area contributed by atoms with Gasteiger partial charge >= 0.3 is 0 Å². The second kappa shape index (κ2) is 13.4. The standard InChI is InChI=1S/C30H36FN3O4S/c1-5-28(30(36)32-19-22(2)3)33(20-24-13-11-23(4)12-14-24)29(35)21-34(26-17-15-25(31)16-18-26)39(37,38)27-9-7-6-8-10-27/h6-18,22,28H,5,19-21H2,1-4H3,(H,32,36). The van der Waals surface area contributed by atoms with Crippen LogP contribution in [0.25, 0.3) is 0 Å². The molecule has 0 bridgehead atoms. The van der Waals surface area contributed by atoms with Crippen molar-refractivity contribution in [2.24, 2.45) is 5.92 Å². The van der Waals surface area contributed by atoms with E-state index in [1.54, 1.807) is 18.2 Å². The van der Waals surface area contributed by atoms with Gasteiger partial charge in [0, 0.05) is 13.1 Å². The molecule has 0 aliphatic carbocycles. The summed E-state index contributed by atoms with van der Waals surface area (Å²) in [6.45, 7) is 7.73. The minimum Gasteiger partial charge on any atom is -0.354 e. The molecule has 0 spiro atoms. The van der Waals surface area contributed by atoms with Gasteiger partial charge in [-0.1, -0.05) is 68.8 Å². The fourth-order valence-corrected chi connectivity index (χ4v) is 5.52. The first-order chi connectivity index (χ1) is 18.5. The zero-order valence-corrected chi connectivity index (χ0v) is 23.6. The number of nitrogens with one attached hydrogen (secondary N) is 1. The van der Waals surface area contributed by atoms with Crippen LogP contribution in [0.4, 0.5) is 10.1 Å². The molecule has 0 radical (unpaired) electrons. The van der Waals surface area contributed by atoms with Crippen molar-refractivity contribution in [1.82, 2.24) is 10.2 Å². The molecule has 0 saturated carbocycles. The molecule has 208 valence electrons. The Balaban J connectivity index is 2.02. The maximum absolute atomic E-state index is 14.0. The maximum atomic E-state index is 14.0. The SMILES string of the molecule is CCC(C(=O)NCC(C)C)N(Cc1ccc(C)cc1)C(=O)CN(c1ccc(F)cc1)S(=O)(=O)c1ccccc1. The van der Waals surface area contributed by atoms with Gasteiger partial charge in [0.1, 0.15) is 18.4 Å². The minimum atomic E-state index is -4.19. The van der Waals surface area contributed by atoms with E-state index < -0.39 is 34.3 Å². The lowest BCUT2D eigenvalue weighted by atomic mass is 10.1. The number of aryl methyl sites for hydroxylation is 1. The highest BCUT2D eigenvalue weighted by atomic mass is 32.2. The number of sulfonamides is 1. The Bertz CT molecular complexity index is 1350. The molecule has 9 heteroatoms. The zero-order chi connectivity index (χ0) is 28.6. The molecule has 1 atom stereocenters. The van der Waals surface area contributed by atoms with Crippen LogP contribution in [0.15, 0.2) is 83.8 Å². The quantitative estimate of drug-likeness (QED) is 0.345. The minimum absolute atomic E-state index is 0.00562. The lowest BCUT2D eigenvalue weighted by Gasteiger charge is -2.33. The van der Waals surface area contributed by atoms with Crippen molar-refractivity contribution >= 4 is 27.5 Å². The van der Waals surface area contributed by atoms with Crippen LogP contribution < -0.4 is 9.62 Å². The second-order valence-corrected chi connectivity index (χ2v) is 11.7. The Morgan fingerprint density at radius 1 is 0.923 bits per heavy atom. The summed E-state index contributed by atoms with van der Waals surface area (Å²) < 4.78 is 42.1. The molecule has 7 nitrogen and oxygen atoms in total. The molecular weight excluding hydrogens is 517 g/mol. The van der Waals surface area contributed by atoms with Crippen LogP contribution >= 0.6 is 0 Å². The van der Waals surface area contributed by atoms with E-state index in [1.807, 2.05) is 52.0 Å². The van der Waals surface area contributed by atoms with Gasteiger partial charge in [0.2, 0.25) is 11.8 Å². The van der Waals surface area contributed by atoms with Crippen LogP contribution in [0.1, 0.15) is 38.3 Å². The van der Waals surface area contributed by atoms with Crippen molar-refractivity contribution in [3.63, 3.8) is 0 Å². The zero-order valence-electron chi connectivity index (χ0n) is 22.8. The Kier molecular flexibility index (Phi) is 10.2. The summed E-state index contributed by atoms with van der Waals surface area (Å²) in [4.78, 5) is 28.6. The molecule has 0 saturated heterocycles. The first-order valence-electron chi connectivity index (χ1n) is 13.0. The number of carbonyl (C=O) groups excluding carboxylic acids is 2. The van der Waals surface area contributed by atoms with Gasteiger partial charge in [-0.2, -0.15) is 0 Å². The molecule has 1 unspecified atom stereocenters. The van der Waals surface area contributed by atoms with Gasteiger partial charge in [0.15, 0.2) is 0 Å². The molecule has 0 aliphatic heterocycles. The molecule has 0 heterocycles. The van der Waals surface area contributed by atoms with Gasteiger partial charge in [-0.3, -0.25) is 13.9 Å². The predicted molar refractivity (Wildman–Crippen MR) is 151 cm³/mol. The molecule has 0 fully saturated rings. The number of benzene rings is 3. The van der Waals surface area contributed by atoms with E-state index in [0.717, 1.165) is 27.6 Å². The largest absolute Gasteiger partial charge is 0.354 e. The second-order valence-electron chi connectivity index (χ2n) is 9.87. The van der Waals surface area contributed by atoms with Crippen LogP contribution in [0.5, 0.6) is 0 Å². The molecule has 3 aromatic carbocycles. The van der Waals surface area contributed by atoms with Gasteiger partial charge in [0.25, 0.3) is 10.0 Å². The third kappa shape index (κ3) is 7.89. The number of anilines is 1. The summed E-state index contributed by atoms with van der Waals surface area (Å²) in [6.07, 6.45) is 0.337. The summed E-state index contributed by atoms with van der Waals surface area (Å²) in [5.74, 6) is -1.16. The van der Waals surface area contributed by atoms with Crippen LogP contribution in [0.2, 0.25) is 0 Å². The molecule has 39 heavy (non-hydrogen) atoms. The van der Waals surface area contributed by atoms with Crippen LogP contribution in [0.3, 0.4) is 0 Å². The highest BCUT2D eigenvalue weighted by Crippen LogP contribution is 2.25. The molecule has 0 aromatic heterocycles. The van der Waals surface area contributed by atoms with Gasteiger partial charge in [-0.15, -0.1) is 0 Å². The van der Waals surface area contributed by atoms with E-state index in [0.29, 0.717) is 13.0 Å². The summed E-state index contributed by atoms with van der Waals surface area (Å²) in [7, 11) is -4.19. The van der Waals surface area contributed by atoms with E-state index in [1.165, 1.54) is 29.2 Å². The summed E-state index contributed by atoms with van der Waals surface area (Å²) in [6, 6.07) is 19.5. The highest BCUT2D eigenvalue weighted by molar-refractivity contribution is 7.92. The van der Waals surface area contributed by atoms with Crippen LogP contribution in [-0.2, 0) is 26.2 Å². The van der Waals surface area contributed by atoms with E-state index >= 15 is 0 Å². The number of halogens is 1. The van der Waals surface area contributed by atoms with Crippen LogP contribution in [0, 0.1) is 18.7 Å². The average molecular weight is 554 g/mol. The molecular formula is C30H36FN3O4S. The summed E-state index contributed by atoms with van der Waals surface area (Å²) in [5.41, 5.74) is 2.00. The molecule has 0 aliphatic rings. The monoisotopic (exact) mass is 553 g/mol. The Labute approximate surface area is 230 Å². The van der Waals surface area contributed by atoms with Crippen molar-refractivity contribution in [2.75, 3.05) is 17.4 Å². The van der Waals surface area contributed by atoms with Gasteiger partial charge in [0.05, 0.1) is 10.6 Å². The third-order valence-electron chi connectivity index (χ3n) is 6.27. The number of nitrogens with zero attached hydrogens (tertiary/aromatic N) is 2. The normalized spacial score (nSPS) is 12.2. The molecule has 3 aromatic rings. The van der Waals surface area contributed by atoms with Gasteiger partial charge in [-0.05, 0) is 61.2 Å². The Hall–Kier alpha value is -3.72. The van der Waals surface area contributed by atoms with Crippen molar-refractivity contribution in [2.45, 2.75) is 51.6 Å². The summed E-state index contributed by atoms with van der Waals surface area (Å²) in [5, 5.41) is 2.90. The first kappa shape index (κ1) is 29.8. The van der Waals surface area contributed by atoms with E-state index in [9.17, 15) is 22.4 Å². The van der Waals surface area contributed by atoms with E-state index in [-0.39, 0.29) is 29.0 Å². The van der Waals surface area contributed by atoms with Crippen molar-refractivity contribution in [1.29, 1.82) is 0 Å². The fourth-order valence-electron chi connectivity index (χ4n) is 4.09. The van der Waals surface area contributed by atoms with Crippen molar-refractivity contribution < 1.29 is 22.4 Å². The number of rotatable bonds is 12. The number of amides is 2. The molecule has 3 rings (SSSR count). The third-order valence-corrected chi connectivity index (χ3v) is 8.06. The van der Waals surface area contributed by atoms with Crippen molar-refractivity contribution in [3.8, 4) is 0 Å². The summed E-state index contributed by atoms with van der Waals surface area (Å²) >= 11 is 0. The van der Waals surface area contributed by atoms with Crippen LogP contribution in [-0.4, -0.2) is 44.3 Å². The van der Waals surface area contributed by atoms with E-state index in [2.05, 4.69) is 5.32 Å². The maximum Gasteiger partial charge on any atom is 0.264 e. The average Bonchev–Trinajstić information content (AvgIpc) is 2.92. The van der Waals surface area contributed by atoms with Crippen molar-refractivity contribution in [3.05, 3.63) is 95.8 Å². The van der Waals surface area contributed by atoms with E-state index in [4.69, 9.17) is 0 Å². The Morgan fingerprint density at radius 3 is 2.10 bits per heavy atom. The number of hydrogen-bond donors (Lipinski definition) is 1. The predicted octanol–water partition coefficient (Wildman–Crippen LogP) is 4.91. The highest BCUT2D eigenvalue weighted by Gasteiger charge is 2.33. The number of hydrogen-bond acceptors (Lipinski definition) is 4.